The second-order valence-corrected chi connectivity index (χ2v) is 7.87. The summed E-state index contributed by atoms with van der Waals surface area (Å²) in [6, 6.07) is 10.9. The van der Waals surface area contributed by atoms with Crippen LogP contribution in [0.25, 0.3) is 0 Å². The molecule has 2 aromatic rings. The number of likely N-dealkylation sites (N-methyl/N-ethyl adjacent to an activating group) is 1. The van der Waals surface area contributed by atoms with E-state index in [2.05, 4.69) is 75.6 Å². The Balaban J connectivity index is 1.53. The van der Waals surface area contributed by atoms with Gasteiger partial charge in [0.15, 0.2) is 5.96 Å². The first-order valence-corrected chi connectivity index (χ1v) is 10.4. The number of anilines is 1. The minimum Gasteiger partial charge on any atom is -0.356 e. The number of hydrogen-bond acceptors (Lipinski definition) is 4. The Labute approximate surface area is 175 Å². The third-order valence-electron chi connectivity index (χ3n) is 5.33. The van der Waals surface area contributed by atoms with Crippen LogP contribution in [0.3, 0.4) is 0 Å². The van der Waals surface area contributed by atoms with Gasteiger partial charge in [0.2, 0.25) is 0 Å². The van der Waals surface area contributed by atoms with Crippen LogP contribution in [-0.2, 0) is 13.0 Å². The molecule has 0 atom stereocenters. The molecule has 2 heterocycles. The summed E-state index contributed by atoms with van der Waals surface area (Å²) in [5, 5.41) is 6.87. The monoisotopic (exact) mass is 394 g/mol. The quantitative estimate of drug-likeness (QED) is 0.582. The Bertz CT molecular complexity index is 804. The lowest BCUT2D eigenvalue weighted by Crippen LogP contribution is -2.45. The fourth-order valence-electron chi connectivity index (χ4n) is 3.81. The van der Waals surface area contributed by atoms with Crippen LogP contribution in [-0.4, -0.2) is 62.7 Å². The van der Waals surface area contributed by atoms with E-state index in [0.29, 0.717) is 6.54 Å². The molecule has 2 N–H and O–H groups in total. The van der Waals surface area contributed by atoms with Gasteiger partial charge in [-0.25, -0.2) is 4.98 Å². The van der Waals surface area contributed by atoms with Gasteiger partial charge < -0.3 is 20.4 Å². The van der Waals surface area contributed by atoms with Crippen LogP contribution >= 0.6 is 0 Å². The normalized spacial score (nSPS) is 15.4. The van der Waals surface area contributed by atoms with Gasteiger partial charge in [-0.15, -0.1) is 0 Å². The first-order chi connectivity index (χ1) is 14.0. The van der Waals surface area contributed by atoms with Crippen LogP contribution in [0.1, 0.15) is 22.3 Å². The van der Waals surface area contributed by atoms with Crippen LogP contribution in [0.2, 0.25) is 0 Å². The standard InChI is InChI=1S/C23H34N6/c1-18-14-19(2)16-20(15-18)7-9-26-23(24-3)27-17-21-6-5-8-25-22(21)29-12-10-28(4)11-13-29/h5-6,8,14-16H,7,9-13,17H2,1-4H3,(H2,24,26,27). The number of piperazine rings is 1. The molecule has 0 unspecified atom stereocenters. The molecule has 1 aromatic heterocycles. The van der Waals surface area contributed by atoms with E-state index in [9.17, 15) is 0 Å². The van der Waals surface area contributed by atoms with Crippen LogP contribution in [0.4, 0.5) is 5.82 Å². The molecule has 6 heteroatoms. The molecular formula is C23H34N6. The smallest absolute Gasteiger partial charge is 0.191 e. The molecule has 0 amide bonds. The zero-order chi connectivity index (χ0) is 20.6. The SMILES string of the molecule is CN=C(NCCc1cc(C)cc(C)c1)NCc1cccnc1N1CCN(C)CC1. The van der Waals surface area contributed by atoms with Crippen molar-refractivity contribution in [3.05, 3.63) is 58.8 Å². The predicted molar refractivity (Wildman–Crippen MR) is 122 cm³/mol. The van der Waals surface area contributed by atoms with Crippen molar-refractivity contribution in [1.82, 2.24) is 20.5 Å². The molecule has 3 rings (SSSR count). The lowest BCUT2D eigenvalue weighted by molar-refractivity contribution is 0.312. The van der Waals surface area contributed by atoms with Crippen molar-refractivity contribution in [2.45, 2.75) is 26.8 Å². The van der Waals surface area contributed by atoms with Gasteiger partial charge >= 0.3 is 0 Å². The fourth-order valence-corrected chi connectivity index (χ4v) is 3.81. The molecule has 29 heavy (non-hydrogen) atoms. The highest BCUT2D eigenvalue weighted by Crippen LogP contribution is 2.18. The first-order valence-electron chi connectivity index (χ1n) is 10.4. The summed E-state index contributed by atoms with van der Waals surface area (Å²) < 4.78 is 0. The van der Waals surface area contributed by atoms with E-state index in [4.69, 9.17) is 0 Å². The number of pyridine rings is 1. The number of guanidine groups is 1. The lowest BCUT2D eigenvalue weighted by Gasteiger charge is -2.34. The van der Waals surface area contributed by atoms with Crippen LogP contribution < -0.4 is 15.5 Å². The Morgan fingerprint density at radius 1 is 1.07 bits per heavy atom. The maximum Gasteiger partial charge on any atom is 0.191 e. The zero-order valence-electron chi connectivity index (χ0n) is 18.2. The summed E-state index contributed by atoms with van der Waals surface area (Å²) in [4.78, 5) is 13.8. The summed E-state index contributed by atoms with van der Waals surface area (Å²) in [5.74, 6) is 1.90. The molecule has 1 aliphatic rings. The van der Waals surface area contributed by atoms with Gasteiger partial charge in [-0.2, -0.15) is 0 Å². The Morgan fingerprint density at radius 2 is 1.79 bits per heavy atom. The van der Waals surface area contributed by atoms with E-state index in [1.165, 1.54) is 22.3 Å². The van der Waals surface area contributed by atoms with Gasteiger partial charge in [-0.05, 0) is 38.9 Å². The second kappa shape index (κ2) is 10.3. The van der Waals surface area contributed by atoms with Crippen LogP contribution in [0, 0.1) is 13.8 Å². The van der Waals surface area contributed by atoms with Crippen LogP contribution in [0.5, 0.6) is 0 Å². The maximum atomic E-state index is 4.66. The molecule has 0 saturated carbocycles. The number of aryl methyl sites for hydroxylation is 2. The van der Waals surface area contributed by atoms with E-state index in [1.54, 1.807) is 0 Å². The van der Waals surface area contributed by atoms with Gasteiger partial charge in [-0.1, -0.05) is 35.4 Å². The average Bonchev–Trinajstić information content (AvgIpc) is 2.71. The second-order valence-electron chi connectivity index (χ2n) is 7.87. The average molecular weight is 395 g/mol. The number of aromatic nitrogens is 1. The molecule has 0 bridgehead atoms. The summed E-state index contributed by atoms with van der Waals surface area (Å²) >= 11 is 0. The molecule has 156 valence electrons. The van der Waals surface area contributed by atoms with Gasteiger partial charge in [0.05, 0.1) is 0 Å². The Morgan fingerprint density at radius 3 is 2.48 bits per heavy atom. The number of nitrogens with one attached hydrogen (secondary N) is 2. The number of nitrogens with zero attached hydrogens (tertiary/aromatic N) is 4. The zero-order valence-corrected chi connectivity index (χ0v) is 18.2. The third-order valence-corrected chi connectivity index (χ3v) is 5.33. The largest absolute Gasteiger partial charge is 0.356 e. The molecule has 1 fully saturated rings. The molecule has 0 aliphatic carbocycles. The predicted octanol–water partition coefficient (Wildman–Crippen LogP) is 2.36. The number of hydrogen-bond donors (Lipinski definition) is 2. The first kappa shape index (κ1) is 21.1. The van der Waals surface area contributed by atoms with Crippen molar-refractivity contribution in [1.29, 1.82) is 0 Å². The molecule has 0 radical (unpaired) electrons. The van der Waals surface area contributed by atoms with Crippen molar-refractivity contribution in [3.63, 3.8) is 0 Å². The Hall–Kier alpha value is -2.60. The molecule has 1 saturated heterocycles. The van der Waals surface area contributed by atoms with E-state index in [-0.39, 0.29) is 0 Å². The number of rotatable bonds is 6. The minimum atomic E-state index is 0.707. The van der Waals surface area contributed by atoms with E-state index in [1.807, 2.05) is 19.3 Å². The number of aliphatic imine (C=N–C) groups is 1. The topological polar surface area (TPSA) is 55.8 Å². The van der Waals surface area contributed by atoms with Crippen LogP contribution in [0.15, 0.2) is 41.5 Å². The van der Waals surface area contributed by atoms with Gasteiger partial charge in [0.1, 0.15) is 5.82 Å². The van der Waals surface area contributed by atoms with Gasteiger partial charge in [-0.3, -0.25) is 4.99 Å². The fraction of sp³-hybridized carbons (Fsp3) is 0.478. The van der Waals surface area contributed by atoms with Crippen molar-refractivity contribution < 1.29 is 0 Å². The summed E-state index contributed by atoms with van der Waals surface area (Å²) in [5.41, 5.74) is 5.19. The molecule has 1 aliphatic heterocycles. The summed E-state index contributed by atoms with van der Waals surface area (Å²) in [6.07, 6.45) is 2.86. The van der Waals surface area contributed by atoms with Crippen molar-refractivity contribution in [2.75, 3.05) is 51.7 Å². The molecular weight excluding hydrogens is 360 g/mol. The lowest BCUT2D eigenvalue weighted by atomic mass is 10.1. The van der Waals surface area contributed by atoms with Crippen molar-refractivity contribution in [3.8, 4) is 0 Å². The number of benzene rings is 1. The maximum absolute atomic E-state index is 4.66. The van der Waals surface area contributed by atoms with Crippen molar-refractivity contribution >= 4 is 11.8 Å². The molecule has 6 nitrogen and oxygen atoms in total. The van der Waals surface area contributed by atoms with Gasteiger partial charge in [0, 0.05) is 58.1 Å². The molecule has 1 aromatic carbocycles. The molecule has 0 spiro atoms. The van der Waals surface area contributed by atoms with Gasteiger partial charge in [0.25, 0.3) is 0 Å². The minimum absolute atomic E-state index is 0.707. The van der Waals surface area contributed by atoms with E-state index in [0.717, 1.165) is 50.9 Å². The Kier molecular flexibility index (Phi) is 7.47. The highest BCUT2D eigenvalue weighted by atomic mass is 15.3. The van der Waals surface area contributed by atoms with E-state index >= 15 is 0 Å². The highest BCUT2D eigenvalue weighted by molar-refractivity contribution is 5.79. The van der Waals surface area contributed by atoms with Crippen molar-refractivity contribution in [2.24, 2.45) is 4.99 Å². The summed E-state index contributed by atoms with van der Waals surface area (Å²) in [6.45, 7) is 10.0. The summed E-state index contributed by atoms with van der Waals surface area (Å²) in [7, 11) is 3.99. The highest BCUT2D eigenvalue weighted by Gasteiger charge is 2.17. The third kappa shape index (κ3) is 6.19. The van der Waals surface area contributed by atoms with E-state index < -0.39 is 0 Å².